The first kappa shape index (κ1) is 10.8. The first-order valence-corrected chi connectivity index (χ1v) is 4.83. The van der Waals surface area contributed by atoms with Crippen LogP contribution in [-0.2, 0) is 13.5 Å². The van der Waals surface area contributed by atoms with Crippen LogP contribution in [0.2, 0.25) is 0 Å². The molecule has 3 nitrogen and oxygen atoms in total. The molecule has 0 spiro atoms. The van der Waals surface area contributed by atoms with E-state index in [1.807, 2.05) is 20.0 Å². The number of aliphatic hydroxyl groups excluding tert-OH is 1. The third kappa shape index (κ3) is 2.36. The van der Waals surface area contributed by atoms with Crippen molar-refractivity contribution < 1.29 is 5.11 Å². The summed E-state index contributed by atoms with van der Waals surface area (Å²) in [7, 11) is 1.84. The van der Waals surface area contributed by atoms with Crippen LogP contribution in [0.3, 0.4) is 0 Å². The Kier molecular flexibility index (Phi) is 3.73. The fourth-order valence-corrected chi connectivity index (χ4v) is 1.40. The van der Waals surface area contributed by atoms with Gasteiger partial charge in [-0.1, -0.05) is 6.92 Å². The molecular weight excluding hydrogens is 176 g/mol. The smallest absolute Gasteiger partial charge is 0.0965 e. The highest BCUT2D eigenvalue weighted by atomic mass is 16.3. The Hall–Kier alpha value is -1.27. The Bertz CT molecular complexity index is 336. The van der Waals surface area contributed by atoms with Crippen molar-refractivity contribution in [3.8, 4) is 12.3 Å². The number of hydrogen-bond donors (Lipinski definition) is 1. The first-order valence-electron chi connectivity index (χ1n) is 4.83. The standard InChI is InChI=1S/C11H16N2O/c1-4-6-7-11(14)10-8-9(5-2)12-13(10)3/h1,8,11,14H,5-7H2,2-3H3. The minimum absolute atomic E-state index is 0.496. The zero-order chi connectivity index (χ0) is 10.6. The molecule has 0 aromatic carbocycles. The Labute approximate surface area is 84.8 Å². The van der Waals surface area contributed by atoms with Gasteiger partial charge in [0.25, 0.3) is 0 Å². The molecule has 0 radical (unpaired) electrons. The average molecular weight is 192 g/mol. The molecule has 1 heterocycles. The summed E-state index contributed by atoms with van der Waals surface area (Å²) in [5.74, 6) is 2.52. The lowest BCUT2D eigenvalue weighted by molar-refractivity contribution is 0.160. The van der Waals surface area contributed by atoms with Crippen molar-refractivity contribution in [2.45, 2.75) is 32.3 Å². The lowest BCUT2D eigenvalue weighted by atomic mass is 10.1. The molecular formula is C11H16N2O. The molecule has 76 valence electrons. The van der Waals surface area contributed by atoms with Crippen LogP contribution in [0.25, 0.3) is 0 Å². The molecule has 0 bridgehead atoms. The van der Waals surface area contributed by atoms with Crippen molar-refractivity contribution in [3.63, 3.8) is 0 Å². The van der Waals surface area contributed by atoms with Gasteiger partial charge in [0.2, 0.25) is 0 Å². The maximum absolute atomic E-state index is 9.78. The minimum Gasteiger partial charge on any atom is -0.387 e. The van der Waals surface area contributed by atoms with E-state index in [4.69, 9.17) is 6.42 Å². The predicted octanol–water partition coefficient (Wildman–Crippen LogP) is 1.43. The molecule has 3 heteroatoms. The SMILES string of the molecule is C#CCCC(O)c1cc(CC)nn1C. The Morgan fingerprint density at radius 1 is 1.71 bits per heavy atom. The van der Waals surface area contributed by atoms with Gasteiger partial charge in [-0.2, -0.15) is 5.10 Å². The summed E-state index contributed by atoms with van der Waals surface area (Å²) in [5, 5.41) is 14.0. The van der Waals surface area contributed by atoms with E-state index in [2.05, 4.69) is 11.0 Å². The van der Waals surface area contributed by atoms with Crippen molar-refractivity contribution >= 4 is 0 Å². The normalized spacial score (nSPS) is 12.4. The van der Waals surface area contributed by atoms with Crippen molar-refractivity contribution in [3.05, 3.63) is 17.5 Å². The molecule has 1 rings (SSSR count). The van der Waals surface area contributed by atoms with Crippen molar-refractivity contribution in [1.82, 2.24) is 9.78 Å². The first-order chi connectivity index (χ1) is 6.69. The monoisotopic (exact) mass is 192 g/mol. The third-order valence-electron chi connectivity index (χ3n) is 2.23. The van der Waals surface area contributed by atoms with Crippen LogP contribution in [-0.4, -0.2) is 14.9 Å². The highest BCUT2D eigenvalue weighted by Gasteiger charge is 2.12. The lowest BCUT2D eigenvalue weighted by Crippen LogP contribution is -2.04. The summed E-state index contributed by atoms with van der Waals surface area (Å²) >= 11 is 0. The summed E-state index contributed by atoms with van der Waals surface area (Å²) in [4.78, 5) is 0. The van der Waals surface area contributed by atoms with Gasteiger partial charge in [0.15, 0.2) is 0 Å². The van der Waals surface area contributed by atoms with Crippen LogP contribution in [0.1, 0.15) is 37.3 Å². The number of nitrogens with zero attached hydrogens (tertiary/aromatic N) is 2. The van der Waals surface area contributed by atoms with Gasteiger partial charge in [0.1, 0.15) is 0 Å². The van der Waals surface area contributed by atoms with Crippen LogP contribution in [0.4, 0.5) is 0 Å². The van der Waals surface area contributed by atoms with Crippen LogP contribution in [0, 0.1) is 12.3 Å². The number of terminal acetylenes is 1. The average Bonchev–Trinajstić information content (AvgIpc) is 2.56. The van der Waals surface area contributed by atoms with Gasteiger partial charge in [-0.3, -0.25) is 4.68 Å². The fraction of sp³-hybridized carbons (Fsp3) is 0.545. The van der Waals surface area contributed by atoms with Gasteiger partial charge >= 0.3 is 0 Å². The number of aliphatic hydroxyl groups is 1. The molecule has 0 aliphatic rings. The van der Waals surface area contributed by atoms with E-state index in [-0.39, 0.29) is 0 Å². The second-order valence-electron chi connectivity index (χ2n) is 3.30. The van der Waals surface area contributed by atoms with E-state index in [1.165, 1.54) is 0 Å². The van der Waals surface area contributed by atoms with Gasteiger partial charge < -0.3 is 5.11 Å². The molecule has 14 heavy (non-hydrogen) atoms. The second kappa shape index (κ2) is 4.83. The van der Waals surface area contributed by atoms with E-state index in [0.717, 1.165) is 17.8 Å². The minimum atomic E-state index is -0.496. The molecule has 1 unspecified atom stereocenters. The number of aromatic nitrogens is 2. The van der Waals surface area contributed by atoms with Gasteiger partial charge in [-0.15, -0.1) is 12.3 Å². The predicted molar refractivity (Wildman–Crippen MR) is 55.6 cm³/mol. The molecule has 0 amide bonds. The number of hydrogen-bond acceptors (Lipinski definition) is 2. The van der Waals surface area contributed by atoms with E-state index < -0.39 is 6.10 Å². The van der Waals surface area contributed by atoms with Gasteiger partial charge in [0.05, 0.1) is 17.5 Å². The van der Waals surface area contributed by atoms with Crippen LogP contribution >= 0.6 is 0 Å². The molecule has 0 saturated carbocycles. The van der Waals surface area contributed by atoms with Crippen molar-refractivity contribution in [2.75, 3.05) is 0 Å². The van der Waals surface area contributed by atoms with Crippen LogP contribution < -0.4 is 0 Å². The van der Waals surface area contributed by atoms with Gasteiger partial charge in [0, 0.05) is 13.5 Å². The summed E-state index contributed by atoms with van der Waals surface area (Å²) < 4.78 is 1.72. The lowest BCUT2D eigenvalue weighted by Gasteiger charge is -2.08. The van der Waals surface area contributed by atoms with E-state index in [1.54, 1.807) is 4.68 Å². The van der Waals surface area contributed by atoms with E-state index >= 15 is 0 Å². The molecule has 0 aliphatic heterocycles. The summed E-state index contributed by atoms with van der Waals surface area (Å²) in [6.45, 7) is 2.04. The zero-order valence-electron chi connectivity index (χ0n) is 8.70. The number of rotatable bonds is 4. The van der Waals surface area contributed by atoms with Gasteiger partial charge in [-0.05, 0) is 18.9 Å². The Morgan fingerprint density at radius 3 is 2.93 bits per heavy atom. The van der Waals surface area contributed by atoms with Gasteiger partial charge in [-0.25, -0.2) is 0 Å². The largest absolute Gasteiger partial charge is 0.387 e. The summed E-state index contributed by atoms with van der Waals surface area (Å²) in [6, 6.07) is 1.93. The van der Waals surface area contributed by atoms with E-state index in [9.17, 15) is 5.11 Å². The molecule has 1 aromatic heterocycles. The summed E-state index contributed by atoms with van der Waals surface area (Å²) in [5.41, 5.74) is 1.85. The maximum atomic E-state index is 9.78. The van der Waals surface area contributed by atoms with Crippen molar-refractivity contribution in [2.24, 2.45) is 7.05 Å². The molecule has 1 N–H and O–H groups in total. The van der Waals surface area contributed by atoms with Crippen LogP contribution in [0.15, 0.2) is 6.07 Å². The molecule has 0 saturated heterocycles. The highest BCUT2D eigenvalue weighted by Crippen LogP contribution is 2.18. The Morgan fingerprint density at radius 2 is 2.43 bits per heavy atom. The zero-order valence-corrected chi connectivity index (χ0v) is 8.70. The van der Waals surface area contributed by atoms with E-state index in [0.29, 0.717) is 12.8 Å². The maximum Gasteiger partial charge on any atom is 0.0965 e. The topological polar surface area (TPSA) is 38.1 Å². The Balaban J connectivity index is 2.74. The van der Waals surface area contributed by atoms with Crippen molar-refractivity contribution in [1.29, 1.82) is 0 Å². The fourth-order valence-electron chi connectivity index (χ4n) is 1.40. The quantitative estimate of drug-likeness (QED) is 0.733. The molecule has 0 fully saturated rings. The highest BCUT2D eigenvalue weighted by molar-refractivity contribution is 5.12. The third-order valence-corrected chi connectivity index (χ3v) is 2.23. The second-order valence-corrected chi connectivity index (χ2v) is 3.30. The molecule has 1 aromatic rings. The van der Waals surface area contributed by atoms with Crippen LogP contribution in [0.5, 0.6) is 0 Å². The molecule has 0 aliphatic carbocycles. The summed E-state index contributed by atoms with van der Waals surface area (Å²) in [6.07, 6.45) is 6.72. The molecule has 1 atom stereocenters. The number of aryl methyl sites for hydroxylation is 2.